The Morgan fingerprint density at radius 2 is 1.68 bits per heavy atom. The molecule has 2 aliphatic rings. The normalized spacial score (nSPS) is 19.9. The molecule has 1 fully saturated rings. The number of carboxylic acid groups (broad SMARTS) is 1. The lowest BCUT2D eigenvalue weighted by atomic mass is 9.98. The number of hydrogen-bond donors (Lipinski definition) is 3. The summed E-state index contributed by atoms with van der Waals surface area (Å²) < 4.78 is 11.1. The fourth-order valence-electron chi connectivity index (χ4n) is 4.75. The van der Waals surface area contributed by atoms with Crippen LogP contribution in [0.15, 0.2) is 48.5 Å². The third-order valence-electron chi connectivity index (χ3n) is 6.56. The molecule has 2 amide bonds. The first-order valence-corrected chi connectivity index (χ1v) is 11.6. The molecule has 180 valence electrons. The quantitative estimate of drug-likeness (QED) is 0.551. The Morgan fingerprint density at radius 3 is 2.26 bits per heavy atom. The number of alkyl carbamates (subject to hydrolysis) is 1. The molecule has 0 aromatic heterocycles. The lowest BCUT2D eigenvalue weighted by Gasteiger charge is -2.23. The van der Waals surface area contributed by atoms with Crippen LogP contribution in [0.1, 0.15) is 37.3 Å². The zero-order chi connectivity index (χ0) is 24.2. The molecule has 1 aliphatic heterocycles. The monoisotopic (exact) mass is 466 g/mol. The molecular formula is C26H30N2O6. The van der Waals surface area contributed by atoms with Gasteiger partial charge < -0.3 is 25.2 Å². The number of nitrogens with one attached hydrogen (secondary N) is 2. The molecule has 3 N–H and O–H groups in total. The minimum atomic E-state index is -1.09. The molecule has 3 atom stereocenters. The molecule has 0 bridgehead atoms. The topological polar surface area (TPSA) is 114 Å². The number of amides is 2. The molecule has 8 nitrogen and oxygen atoms in total. The number of carbonyl (C=O) groups excluding carboxylic acids is 2. The third kappa shape index (κ3) is 4.92. The number of fused-ring (bicyclic) bond motifs is 3. The van der Waals surface area contributed by atoms with Gasteiger partial charge in [0, 0.05) is 25.0 Å². The molecule has 1 heterocycles. The van der Waals surface area contributed by atoms with Crippen molar-refractivity contribution in [3.8, 4) is 11.1 Å². The molecule has 8 heteroatoms. The first-order chi connectivity index (χ1) is 16.4. The Labute approximate surface area is 198 Å². The van der Waals surface area contributed by atoms with Gasteiger partial charge in [0.2, 0.25) is 5.91 Å². The summed E-state index contributed by atoms with van der Waals surface area (Å²) >= 11 is 0. The Hall–Kier alpha value is -3.39. The average Bonchev–Trinajstić information content (AvgIpc) is 3.42. The van der Waals surface area contributed by atoms with Crippen LogP contribution in [-0.2, 0) is 19.1 Å². The standard InChI is InChI=1S/C26H30N2O6/c1-15(2)22(25(30)31)28-24(29)23-16(11-12-33-23)13-27-26(32)34-14-21-19-9-5-3-7-17(19)18-8-4-6-10-20(18)21/h3-10,15-16,21-23H,11-14H2,1-2H3,(H,27,32)(H,28,29)(H,30,31)/t16-,22+,23-/m0/s1. The van der Waals surface area contributed by atoms with Gasteiger partial charge in [-0.25, -0.2) is 9.59 Å². The first kappa shape index (κ1) is 23.8. The second kappa shape index (κ2) is 10.3. The van der Waals surface area contributed by atoms with Crippen molar-refractivity contribution >= 4 is 18.0 Å². The van der Waals surface area contributed by atoms with Gasteiger partial charge in [-0.3, -0.25) is 4.79 Å². The van der Waals surface area contributed by atoms with Crippen molar-refractivity contribution in [2.45, 2.75) is 38.3 Å². The predicted molar refractivity (Wildman–Crippen MR) is 125 cm³/mol. The molecule has 0 spiro atoms. The van der Waals surface area contributed by atoms with E-state index in [0.29, 0.717) is 13.0 Å². The molecule has 2 aromatic rings. The number of benzene rings is 2. The number of ether oxygens (including phenoxy) is 2. The lowest BCUT2D eigenvalue weighted by Crippen LogP contribution is -2.50. The Kier molecular flexibility index (Phi) is 7.17. The van der Waals surface area contributed by atoms with Gasteiger partial charge in [-0.15, -0.1) is 0 Å². The van der Waals surface area contributed by atoms with E-state index in [9.17, 15) is 19.5 Å². The van der Waals surface area contributed by atoms with Gasteiger partial charge in [0.25, 0.3) is 0 Å². The number of rotatable bonds is 8. The van der Waals surface area contributed by atoms with Gasteiger partial charge in [0.1, 0.15) is 18.8 Å². The minimum Gasteiger partial charge on any atom is -0.480 e. The maximum absolute atomic E-state index is 12.6. The lowest BCUT2D eigenvalue weighted by molar-refractivity contribution is -0.145. The third-order valence-corrected chi connectivity index (χ3v) is 6.56. The molecule has 0 unspecified atom stereocenters. The van der Waals surface area contributed by atoms with E-state index >= 15 is 0 Å². The molecule has 0 radical (unpaired) electrons. The first-order valence-electron chi connectivity index (χ1n) is 11.6. The molecular weight excluding hydrogens is 436 g/mol. The second-order valence-electron chi connectivity index (χ2n) is 9.12. The molecule has 1 aliphatic carbocycles. The van der Waals surface area contributed by atoms with Crippen LogP contribution in [0.5, 0.6) is 0 Å². The summed E-state index contributed by atoms with van der Waals surface area (Å²) in [5, 5.41) is 14.6. The van der Waals surface area contributed by atoms with E-state index in [-0.39, 0.29) is 30.9 Å². The van der Waals surface area contributed by atoms with Crippen molar-refractivity contribution in [3.05, 3.63) is 59.7 Å². The summed E-state index contributed by atoms with van der Waals surface area (Å²) in [5.74, 6) is -2.12. The molecule has 0 saturated carbocycles. The zero-order valence-electron chi connectivity index (χ0n) is 19.3. The highest BCUT2D eigenvalue weighted by Crippen LogP contribution is 2.44. The van der Waals surface area contributed by atoms with Gasteiger partial charge in [-0.2, -0.15) is 0 Å². The number of carboxylic acids is 1. The highest BCUT2D eigenvalue weighted by atomic mass is 16.5. The number of aliphatic carboxylic acids is 1. The SMILES string of the molecule is CC(C)[C@@H](NC(=O)[C@H]1OCC[C@H]1CNC(=O)OCC1c2ccccc2-c2ccccc21)C(=O)O. The van der Waals surface area contributed by atoms with Crippen LogP contribution in [0.25, 0.3) is 11.1 Å². The summed E-state index contributed by atoms with van der Waals surface area (Å²) in [6.07, 6.45) is -0.783. The van der Waals surface area contributed by atoms with Gasteiger partial charge in [0.05, 0.1) is 0 Å². The predicted octanol–water partition coefficient (Wildman–Crippen LogP) is 3.16. The van der Waals surface area contributed by atoms with E-state index < -0.39 is 30.1 Å². The van der Waals surface area contributed by atoms with Gasteiger partial charge >= 0.3 is 12.1 Å². The van der Waals surface area contributed by atoms with Crippen LogP contribution in [0, 0.1) is 11.8 Å². The Morgan fingerprint density at radius 1 is 1.06 bits per heavy atom. The van der Waals surface area contributed by atoms with Crippen molar-refractivity contribution < 1.29 is 29.0 Å². The summed E-state index contributed by atoms with van der Waals surface area (Å²) in [6, 6.07) is 15.2. The van der Waals surface area contributed by atoms with E-state index in [0.717, 1.165) is 22.3 Å². The summed E-state index contributed by atoms with van der Waals surface area (Å²) in [4.78, 5) is 36.5. The van der Waals surface area contributed by atoms with Crippen molar-refractivity contribution in [2.75, 3.05) is 19.8 Å². The summed E-state index contributed by atoms with van der Waals surface area (Å²) in [7, 11) is 0. The molecule has 1 saturated heterocycles. The smallest absolute Gasteiger partial charge is 0.407 e. The van der Waals surface area contributed by atoms with Gasteiger partial charge in [-0.1, -0.05) is 62.4 Å². The Bertz CT molecular complexity index is 1020. The van der Waals surface area contributed by atoms with Crippen LogP contribution in [0.2, 0.25) is 0 Å². The average molecular weight is 467 g/mol. The molecule has 4 rings (SSSR count). The van der Waals surface area contributed by atoms with E-state index in [2.05, 4.69) is 34.9 Å². The minimum absolute atomic E-state index is 0.0320. The van der Waals surface area contributed by atoms with Gasteiger partial charge in [-0.05, 0) is 34.6 Å². The fraction of sp³-hybridized carbons (Fsp3) is 0.423. The van der Waals surface area contributed by atoms with Crippen molar-refractivity contribution in [3.63, 3.8) is 0 Å². The highest BCUT2D eigenvalue weighted by molar-refractivity contribution is 5.87. The molecule has 2 aromatic carbocycles. The highest BCUT2D eigenvalue weighted by Gasteiger charge is 2.37. The van der Waals surface area contributed by atoms with E-state index in [4.69, 9.17) is 9.47 Å². The zero-order valence-corrected chi connectivity index (χ0v) is 19.3. The van der Waals surface area contributed by atoms with Crippen LogP contribution in [0.3, 0.4) is 0 Å². The van der Waals surface area contributed by atoms with Crippen LogP contribution < -0.4 is 10.6 Å². The van der Waals surface area contributed by atoms with Crippen molar-refractivity contribution in [1.82, 2.24) is 10.6 Å². The second-order valence-corrected chi connectivity index (χ2v) is 9.12. The van der Waals surface area contributed by atoms with Crippen LogP contribution in [0.4, 0.5) is 4.79 Å². The maximum Gasteiger partial charge on any atom is 0.407 e. The van der Waals surface area contributed by atoms with E-state index in [1.54, 1.807) is 13.8 Å². The van der Waals surface area contributed by atoms with E-state index in [1.807, 2.05) is 24.3 Å². The van der Waals surface area contributed by atoms with Gasteiger partial charge in [0.15, 0.2) is 0 Å². The number of hydrogen-bond acceptors (Lipinski definition) is 5. The Balaban J connectivity index is 1.31. The van der Waals surface area contributed by atoms with Crippen molar-refractivity contribution in [2.24, 2.45) is 11.8 Å². The van der Waals surface area contributed by atoms with Crippen LogP contribution >= 0.6 is 0 Å². The van der Waals surface area contributed by atoms with Crippen molar-refractivity contribution in [1.29, 1.82) is 0 Å². The van der Waals surface area contributed by atoms with E-state index in [1.165, 1.54) is 0 Å². The number of carbonyl (C=O) groups is 3. The largest absolute Gasteiger partial charge is 0.480 e. The molecule has 34 heavy (non-hydrogen) atoms. The summed E-state index contributed by atoms with van der Waals surface area (Å²) in [5.41, 5.74) is 4.58. The fourth-order valence-corrected chi connectivity index (χ4v) is 4.75. The van der Waals surface area contributed by atoms with Crippen LogP contribution in [-0.4, -0.2) is 55.0 Å². The maximum atomic E-state index is 12.6. The summed E-state index contributed by atoms with van der Waals surface area (Å²) in [6.45, 7) is 4.23.